The summed E-state index contributed by atoms with van der Waals surface area (Å²) >= 11 is 3.76. The van der Waals surface area contributed by atoms with Crippen LogP contribution in [0, 0.1) is 11.8 Å². The van der Waals surface area contributed by atoms with Crippen LogP contribution in [0.4, 0.5) is 0 Å². The molecule has 0 aliphatic rings. The second-order valence-electron chi connectivity index (χ2n) is 5.43. The summed E-state index contributed by atoms with van der Waals surface area (Å²) in [5.74, 6) is 1.37. The van der Waals surface area contributed by atoms with E-state index in [0.29, 0.717) is 16.7 Å². The van der Waals surface area contributed by atoms with E-state index in [0.717, 1.165) is 6.42 Å². The van der Waals surface area contributed by atoms with Gasteiger partial charge in [-0.15, -0.1) is 0 Å². The molecule has 0 spiro atoms. The van der Waals surface area contributed by atoms with Crippen LogP contribution in [0.15, 0.2) is 42.5 Å². The summed E-state index contributed by atoms with van der Waals surface area (Å²) in [5.41, 5.74) is 1.47. The van der Waals surface area contributed by atoms with Crippen molar-refractivity contribution in [2.24, 2.45) is 11.8 Å². The molecule has 0 saturated carbocycles. The summed E-state index contributed by atoms with van der Waals surface area (Å²) in [4.78, 5) is 0.552. The number of alkyl halides is 1. The highest BCUT2D eigenvalue weighted by atomic mass is 79.9. The highest BCUT2D eigenvalue weighted by Gasteiger charge is 2.19. The summed E-state index contributed by atoms with van der Waals surface area (Å²) in [6.45, 7) is 6.89. The minimum atomic E-state index is 0.552. The van der Waals surface area contributed by atoms with Crippen LogP contribution in [-0.2, 0) is 6.42 Å². The van der Waals surface area contributed by atoms with E-state index in [1.165, 1.54) is 16.3 Å². The number of fused-ring (bicyclic) bond motifs is 1. The number of hydrogen-bond donors (Lipinski definition) is 0. The van der Waals surface area contributed by atoms with E-state index >= 15 is 0 Å². The van der Waals surface area contributed by atoms with Crippen LogP contribution < -0.4 is 0 Å². The SMILES string of the molecule is CC(C)C(Cc1cccc2ccccc12)C(C)Br. The van der Waals surface area contributed by atoms with Gasteiger partial charge in [0.25, 0.3) is 0 Å². The minimum absolute atomic E-state index is 0.552. The first-order chi connectivity index (χ1) is 8.59. The standard InChI is InChI=1S/C17H21Br/c1-12(2)17(13(3)18)11-15-9-6-8-14-7-4-5-10-16(14)15/h4-10,12-13,17H,11H2,1-3H3. The molecule has 0 nitrogen and oxygen atoms in total. The van der Waals surface area contributed by atoms with Crippen molar-refractivity contribution in [3.63, 3.8) is 0 Å². The number of rotatable bonds is 4. The van der Waals surface area contributed by atoms with E-state index in [1.807, 2.05) is 0 Å². The molecule has 0 fully saturated rings. The molecule has 0 bridgehead atoms. The van der Waals surface area contributed by atoms with E-state index < -0.39 is 0 Å². The Bertz CT molecular complexity index is 501. The zero-order valence-electron chi connectivity index (χ0n) is 11.4. The molecule has 1 heteroatoms. The maximum atomic E-state index is 3.76. The van der Waals surface area contributed by atoms with Gasteiger partial charge in [0.1, 0.15) is 0 Å². The molecule has 0 amide bonds. The third kappa shape index (κ3) is 2.95. The quantitative estimate of drug-likeness (QED) is 0.660. The van der Waals surface area contributed by atoms with Crippen molar-refractivity contribution in [1.82, 2.24) is 0 Å². The maximum Gasteiger partial charge on any atom is 0.0151 e. The van der Waals surface area contributed by atoms with Crippen molar-refractivity contribution in [3.8, 4) is 0 Å². The van der Waals surface area contributed by atoms with Crippen LogP contribution in [0.5, 0.6) is 0 Å². The molecule has 0 heterocycles. The van der Waals surface area contributed by atoms with Crippen LogP contribution in [0.3, 0.4) is 0 Å². The normalized spacial score (nSPS) is 14.9. The second-order valence-corrected chi connectivity index (χ2v) is 6.87. The summed E-state index contributed by atoms with van der Waals surface area (Å²) in [5, 5.41) is 2.75. The van der Waals surface area contributed by atoms with Crippen molar-refractivity contribution in [2.75, 3.05) is 0 Å². The van der Waals surface area contributed by atoms with Crippen molar-refractivity contribution in [2.45, 2.75) is 32.0 Å². The molecule has 18 heavy (non-hydrogen) atoms. The number of benzene rings is 2. The maximum absolute atomic E-state index is 3.76. The Hall–Kier alpha value is -0.820. The van der Waals surface area contributed by atoms with E-state index in [1.54, 1.807) is 0 Å². The highest BCUT2D eigenvalue weighted by molar-refractivity contribution is 9.09. The lowest BCUT2D eigenvalue weighted by Gasteiger charge is -2.24. The molecule has 0 saturated heterocycles. The summed E-state index contributed by atoms with van der Waals surface area (Å²) < 4.78 is 0. The molecule has 0 N–H and O–H groups in total. The first kappa shape index (κ1) is 13.6. The van der Waals surface area contributed by atoms with Crippen LogP contribution in [0.2, 0.25) is 0 Å². The van der Waals surface area contributed by atoms with Gasteiger partial charge in [0.2, 0.25) is 0 Å². The monoisotopic (exact) mass is 304 g/mol. The van der Waals surface area contributed by atoms with E-state index in [4.69, 9.17) is 0 Å². The van der Waals surface area contributed by atoms with Crippen molar-refractivity contribution < 1.29 is 0 Å². The van der Waals surface area contributed by atoms with Gasteiger partial charge in [-0.05, 0) is 34.6 Å². The Balaban J connectivity index is 2.36. The predicted octanol–water partition coefficient (Wildman–Crippen LogP) is 5.44. The zero-order chi connectivity index (χ0) is 13.1. The Kier molecular flexibility index (Phi) is 4.45. The minimum Gasteiger partial charge on any atom is -0.0890 e. The largest absolute Gasteiger partial charge is 0.0890 e. The molecule has 2 aromatic rings. The molecule has 0 radical (unpaired) electrons. The van der Waals surface area contributed by atoms with Crippen LogP contribution >= 0.6 is 15.9 Å². The average molecular weight is 305 g/mol. The third-order valence-electron chi connectivity index (χ3n) is 3.78. The first-order valence-electron chi connectivity index (χ1n) is 6.70. The Morgan fingerprint density at radius 2 is 1.61 bits per heavy atom. The molecule has 0 aliphatic carbocycles. The Labute approximate surface area is 119 Å². The van der Waals surface area contributed by atoms with Gasteiger partial charge in [-0.25, -0.2) is 0 Å². The number of halogens is 1. The molecule has 96 valence electrons. The van der Waals surface area contributed by atoms with Gasteiger partial charge >= 0.3 is 0 Å². The predicted molar refractivity (Wildman–Crippen MR) is 84.4 cm³/mol. The van der Waals surface area contributed by atoms with E-state index in [9.17, 15) is 0 Å². The van der Waals surface area contributed by atoms with Crippen molar-refractivity contribution >= 4 is 26.7 Å². The topological polar surface area (TPSA) is 0 Å². The lowest BCUT2D eigenvalue weighted by Crippen LogP contribution is -2.20. The fourth-order valence-corrected chi connectivity index (χ4v) is 3.45. The van der Waals surface area contributed by atoms with E-state index in [2.05, 4.69) is 79.2 Å². The molecule has 0 aromatic heterocycles. The van der Waals surface area contributed by atoms with Crippen LogP contribution in [0.25, 0.3) is 10.8 Å². The first-order valence-corrected chi connectivity index (χ1v) is 7.62. The second kappa shape index (κ2) is 5.88. The smallest absolute Gasteiger partial charge is 0.0151 e. The lowest BCUT2D eigenvalue weighted by molar-refractivity contribution is 0.384. The fourth-order valence-electron chi connectivity index (χ4n) is 2.65. The molecule has 2 atom stereocenters. The summed E-state index contributed by atoms with van der Waals surface area (Å²) in [6, 6.07) is 15.3. The van der Waals surface area contributed by atoms with Crippen molar-refractivity contribution in [3.05, 3.63) is 48.0 Å². The van der Waals surface area contributed by atoms with Gasteiger partial charge in [-0.1, -0.05) is 79.2 Å². The van der Waals surface area contributed by atoms with Gasteiger partial charge in [0.15, 0.2) is 0 Å². The molecular formula is C17H21Br. The van der Waals surface area contributed by atoms with Crippen LogP contribution in [-0.4, -0.2) is 4.83 Å². The van der Waals surface area contributed by atoms with Crippen LogP contribution in [0.1, 0.15) is 26.3 Å². The van der Waals surface area contributed by atoms with Gasteiger partial charge in [-0.2, -0.15) is 0 Å². The number of hydrogen-bond acceptors (Lipinski definition) is 0. The summed E-state index contributed by atoms with van der Waals surface area (Å²) in [7, 11) is 0. The Morgan fingerprint density at radius 1 is 0.944 bits per heavy atom. The van der Waals surface area contributed by atoms with Gasteiger partial charge in [0, 0.05) is 4.83 Å². The Morgan fingerprint density at radius 3 is 2.28 bits per heavy atom. The fraction of sp³-hybridized carbons (Fsp3) is 0.412. The molecule has 2 aromatic carbocycles. The van der Waals surface area contributed by atoms with Gasteiger partial charge in [0.05, 0.1) is 0 Å². The molecular weight excluding hydrogens is 284 g/mol. The summed E-state index contributed by atoms with van der Waals surface area (Å²) in [6.07, 6.45) is 1.14. The van der Waals surface area contributed by atoms with Gasteiger partial charge in [-0.3, -0.25) is 0 Å². The molecule has 0 aliphatic heterocycles. The molecule has 2 rings (SSSR count). The third-order valence-corrected chi connectivity index (χ3v) is 4.46. The zero-order valence-corrected chi connectivity index (χ0v) is 12.9. The van der Waals surface area contributed by atoms with Gasteiger partial charge < -0.3 is 0 Å². The lowest BCUT2D eigenvalue weighted by atomic mass is 9.85. The average Bonchev–Trinajstić information content (AvgIpc) is 2.35. The highest BCUT2D eigenvalue weighted by Crippen LogP contribution is 2.28. The van der Waals surface area contributed by atoms with Crippen molar-refractivity contribution in [1.29, 1.82) is 0 Å². The van der Waals surface area contributed by atoms with E-state index in [-0.39, 0.29) is 0 Å². The molecule has 2 unspecified atom stereocenters.